The van der Waals surface area contributed by atoms with Crippen LogP contribution in [0.5, 0.6) is 11.5 Å². The van der Waals surface area contributed by atoms with E-state index in [0.717, 1.165) is 80.0 Å². The number of fused-ring (bicyclic) bond motifs is 2. The minimum atomic E-state index is -0.112. The molecule has 65 heavy (non-hydrogen) atoms. The highest BCUT2D eigenvalue weighted by molar-refractivity contribution is 7.99. The lowest BCUT2D eigenvalue weighted by atomic mass is 9.95. The minimum absolute atomic E-state index is 0.0343. The Kier molecular flexibility index (Phi) is 12.6. The molecule has 0 spiro atoms. The van der Waals surface area contributed by atoms with Gasteiger partial charge >= 0.3 is 0 Å². The zero-order valence-corrected chi connectivity index (χ0v) is 37.2. The lowest BCUT2D eigenvalue weighted by Crippen LogP contribution is -2.38. The summed E-state index contributed by atoms with van der Waals surface area (Å²) in [5.74, 6) is 2.51. The molecular weight excluding hydrogens is 892 g/mol. The number of benzene rings is 4. The molecule has 19 heteroatoms. The van der Waals surface area contributed by atoms with E-state index in [1.54, 1.807) is 12.2 Å². The summed E-state index contributed by atoms with van der Waals surface area (Å²) in [6.45, 7) is 3.15. The number of likely N-dealkylation sites (tertiary alicyclic amines) is 2. The SMILES string of the molecule is O=C(/C=C/c1ccc(Sc2ccc(/C=C/C(=O)N3CCCC(c4nnn[nH]4)C3)c(-c3ccc4c(c3)CCOO4)c2Cl)c(Cl)c1-c1ccc2c(c1)CCOO2)N1CCCC(c2nnn[nH]2)C1. The van der Waals surface area contributed by atoms with Crippen LogP contribution in [0.3, 0.4) is 0 Å². The van der Waals surface area contributed by atoms with Crippen molar-refractivity contribution >= 4 is 58.9 Å². The number of nitrogens with one attached hydrogen (secondary N) is 2. The second kappa shape index (κ2) is 19.2. The smallest absolute Gasteiger partial charge is 0.246 e. The molecular formula is C46H42Cl2N10O6S. The number of rotatable bonds is 10. The molecule has 2 unspecified atom stereocenters. The van der Waals surface area contributed by atoms with E-state index in [2.05, 4.69) is 53.4 Å². The van der Waals surface area contributed by atoms with Gasteiger partial charge in [0.2, 0.25) is 11.8 Å². The molecule has 0 bridgehead atoms. The summed E-state index contributed by atoms with van der Waals surface area (Å²) < 4.78 is 0. The Morgan fingerprint density at radius 3 is 1.58 bits per heavy atom. The molecule has 2 fully saturated rings. The van der Waals surface area contributed by atoms with Gasteiger partial charge in [-0.2, -0.15) is 9.78 Å². The van der Waals surface area contributed by atoms with E-state index in [-0.39, 0.29) is 23.7 Å². The third kappa shape index (κ3) is 9.24. The van der Waals surface area contributed by atoms with Crippen molar-refractivity contribution in [3.63, 3.8) is 0 Å². The number of amides is 2. The number of aromatic nitrogens is 8. The molecule has 2 N–H and O–H groups in total. The predicted octanol–water partition coefficient (Wildman–Crippen LogP) is 8.08. The van der Waals surface area contributed by atoms with Crippen LogP contribution in [0.2, 0.25) is 10.0 Å². The third-order valence-corrected chi connectivity index (χ3v) is 14.3. The highest BCUT2D eigenvalue weighted by Gasteiger charge is 2.28. The summed E-state index contributed by atoms with van der Waals surface area (Å²) in [7, 11) is 0. The van der Waals surface area contributed by atoms with Crippen molar-refractivity contribution in [2.24, 2.45) is 0 Å². The summed E-state index contributed by atoms with van der Waals surface area (Å²) >= 11 is 16.4. The predicted molar refractivity (Wildman–Crippen MR) is 242 cm³/mol. The Morgan fingerprint density at radius 2 is 1.14 bits per heavy atom. The molecule has 10 rings (SSSR count). The van der Waals surface area contributed by atoms with Gasteiger partial charge in [0.15, 0.2) is 23.1 Å². The first-order valence-corrected chi connectivity index (χ1v) is 23.0. The Morgan fingerprint density at radius 1 is 0.662 bits per heavy atom. The molecule has 0 saturated carbocycles. The highest BCUT2D eigenvalue weighted by Crippen LogP contribution is 2.47. The zero-order chi connectivity index (χ0) is 44.3. The molecule has 6 heterocycles. The highest BCUT2D eigenvalue weighted by atomic mass is 35.5. The standard InChI is InChI=1S/C46H42Cl2N10O6S/c47-43-37(13-7-27(41(43)31-5-11-35-29(23-31)17-21-61-63-35)9-15-39(59)57-19-1-3-33(25-57)45-49-53-54-50-45)65-38-14-8-28(42(44(38)48)32-6-12-36-30(24-32)18-22-62-64-36)10-16-40(60)58-20-2-4-34(26-58)46-51-55-56-52-46/h5-16,23-24,33-34H,1-4,17-22,25-26H2,(H,49,50,53,54)(H,51,52,55,56)/b15-9+,16-10+. The summed E-state index contributed by atoms with van der Waals surface area (Å²) in [5, 5.41) is 29.8. The quantitative estimate of drug-likeness (QED) is 0.0993. The number of carbonyl (C=O) groups excluding carboxylic acids is 2. The van der Waals surface area contributed by atoms with E-state index in [9.17, 15) is 9.59 Å². The Hall–Kier alpha value is -6.11. The topological polar surface area (TPSA) is 186 Å². The fourth-order valence-corrected chi connectivity index (χ4v) is 10.5. The van der Waals surface area contributed by atoms with E-state index < -0.39 is 0 Å². The van der Waals surface area contributed by atoms with Gasteiger partial charge < -0.3 is 19.6 Å². The molecule has 332 valence electrons. The number of aromatic amines is 2. The maximum absolute atomic E-state index is 13.7. The van der Waals surface area contributed by atoms with Gasteiger partial charge in [-0.15, -0.1) is 10.2 Å². The second-order valence-corrected chi connectivity index (χ2v) is 18.1. The molecule has 0 radical (unpaired) electrons. The zero-order valence-electron chi connectivity index (χ0n) is 34.9. The number of H-pyrrole nitrogens is 2. The largest absolute Gasteiger partial charge is 0.338 e. The van der Waals surface area contributed by atoms with Gasteiger partial charge in [0.1, 0.15) is 0 Å². The van der Waals surface area contributed by atoms with Crippen LogP contribution in [-0.2, 0) is 32.2 Å². The number of carbonyl (C=O) groups is 2. The molecule has 4 aliphatic rings. The lowest BCUT2D eigenvalue weighted by Gasteiger charge is -2.30. The van der Waals surface area contributed by atoms with Crippen LogP contribution in [0.4, 0.5) is 0 Å². The maximum Gasteiger partial charge on any atom is 0.246 e. The number of nitrogens with zero attached hydrogens (tertiary/aromatic N) is 8. The fraction of sp³-hybridized carbons (Fsp3) is 0.304. The van der Waals surface area contributed by atoms with Gasteiger partial charge in [0.25, 0.3) is 0 Å². The van der Waals surface area contributed by atoms with E-state index in [0.29, 0.717) is 85.4 Å². The second-order valence-electron chi connectivity index (χ2n) is 16.2. The molecule has 4 aliphatic heterocycles. The first-order valence-electron chi connectivity index (χ1n) is 21.5. The van der Waals surface area contributed by atoms with E-state index in [1.165, 1.54) is 11.8 Å². The molecule has 2 saturated heterocycles. The lowest BCUT2D eigenvalue weighted by molar-refractivity contribution is -0.215. The fourth-order valence-electron chi connectivity index (χ4n) is 8.83. The van der Waals surface area contributed by atoms with Gasteiger partial charge in [-0.05, 0) is 117 Å². The number of halogens is 2. The maximum atomic E-state index is 13.7. The first-order chi connectivity index (χ1) is 31.9. The van der Waals surface area contributed by atoms with Gasteiger partial charge in [0.05, 0.1) is 23.3 Å². The third-order valence-electron chi connectivity index (χ3n) is 12.2. The molecule has 6 aromatic rings. The van der Waals surface area contributed by atoms with Crippen molar-refractivity contribution in [2.75, 3.05) is 39.4 Å². The number of piperidine rings is 2. The molecule has 16 nitrogen and oxygen atoms in total. The van der Waals surface area contributed by atoms with Crippen LogP contribution < -0.4 is 9.78 Å². The number of hydrogen-bond acceptors (Lipinski definition) is 13. The minimum Gasteiger partial charge on any atom is -0.338 e. The van der Waals surface area contributed by atoms with Crippen LogP contribution in [0.25, 0.3) is 34.4 Å². The summed E-state index contributed by atoms with van der Waals surface area (Å²) in [6, 6.07) is 19.6. The van der Waals surface area contributed by atoms with Crippen molar-refractivity contribution in [1.82, 2.24) is 51.0 Å². The molecule has 4 aromatic carbocycles. The van der Waals surface area contributed by atoms with Crippen molar-refractivity contribution in [3.05, 3.63) is 117 Å². The van der Waals surface area contributed by atoms with Gasteiger partial charge in [0, 0.05) is 95.1 Å². The Balaban J connectivity index is 0.979. The van der Waals surface area contributed by atoms with Crippen LogP contribution in [0.15, 0.2) is 82.6 Å². The average molecular weight is 934 g/mol. The Bertz CT molecular complexity index is 2600. The molecule has 0 aliphatic carbocycles. The van der Waals surface area contributed by atoms with E-state index >= 15 is 0 Å². The van der Waals surface area contributed by atoms with Crippen LogP contribution in [-0.4, -0.2) is 102 Å². The van der Waals surface area contributed by atoms with Gasteiger partial charge in [-0.1, -0.05) is 59.2 Å². The van der Waals surface area contributed by atoms with Crippen molar-refractivity contribution < 1.29 is 29.1 Å². The Labute approximate surface area is 387 Å². The monoisotopic (exact) mass is 932 g/mol. The first kappa shape index (κ1) is 42.8. The van der Waals surface area contributed by atoms with Crippen LogP contribution in [0, 0.1) is 0 Å². The average Bonchev–Trinajstić information content (AvgIpc) is 4.11. The van der Waals surface area contributed by atoms with Crippen LogP contribution >= 0.6 is 35.0 Å². The molecule has 2 aromatic heterocycles. The summed E-state index contributed by atoms with van der Waals surface area (Å²) in [4.78, 5) is 53.9. The number of hydrogen-bond donors (Lipinski definition) is 2. The molecule has 2 amide bonds. The van der Waals surface area contributed by atoms with Crippen molar-refractivity contribution in [2.45, 2.75) is 60.2 Å². The van der Waals surface area contributed by atoms with Crippen molar-refractivity contribution in [3.8, 4) is 33.8 Å². The van der Waals surface area contributed by atoms with Crippen LogP contribution in [0.1, 0.15) is 71.4 Å². The van der Waals surface area contributed by atoms with Gasteiger partial charge in [-0.3, -0.25) is 9.59 Å². The number of tetrazole rings is 2. The summed E-state index contributed by atoms with van der Waals surface area (Å²) in [6.07, 6.45) is 11.7. The molecule has 2 atom stereocenters. The summed E-state index contributed by atoms with van der Waals surface area (Å²) in [5.41, 5.74) is 6.74. The van der Waals surface area contributed by atoms with Crippen molar-refractivity contribution in [1.29, 1.82) is 0 Å². The van der Waals surface area contributed by atoms with E-state index in [1.807, 2.05) is 70.5 Å². The van der Waals surface area contributed by atoms with E-state index in [4.69, 9.17) is 42.8 Å². The van der Waals surface area contributed by atoms with Gasteiger partial charge in [-0.25, -0.2) is 10.2 Å². The normalized spacial score (nSPS) is 18.6.